The van der Waals surface area contributed by atoms with Gasteiger partial charge in [-0.1, -0.05) is 12.2 Å². The van der Waals surface area contributed by atoms with Crippen molar-refractivity contribution in [2.45, 2.75) is 11.8 Å². The lowest BCUT2D eigenvalue weighted by Crippen LogP contribution is -2.30. The smallest absolute Gasteiger partial charge is 0.234 e. The van der Waals surface area contributed by atoms with Gasteiger partial charge in [-0.25, -0.2) is 8.42 Å². The first kappa shape index (κ1) is 14.6. The molecule has 3 N–H and O–H groups in total. The van der Waals surface area contributed by atoms with Crippen LogP contribution in [0.15, 0.2) is 29.2 Å². The summed E-state index contributed by atoms with van der Waals surface area (Å²) in [4.78, 5) is 11.9. The maximum absolute atomic E-state index is 11.6. The van der Waals surface area contributed by atoms with Gasteiger partial charge in [-0.15, -0.1) is 0 Å². The number of sulfone groups is 1. The minimum absolute atomic E-state index is 0.111. The van der Waals surface area contributed by atoms with Crippen LogP contribution in [0.25, 0.3) is 0 Å². The highest BCUT2D eigenvalue weighted by Crippen LogP contribution is 2.14. The molecule has 1 aromatic rings. The normalized spacial score (nSPS) is 12.8. The van der Waals surface area contributed by atoms with Crippen LogP contribution in [0.5, 0.6) is 0 Å². The Balaban J connectivity index is 2.82. The van der Waals surface area contributed by atoms with Crippen LogP contribution in [0.1, 0.15) is 6.92 Å². The molecule has 0 aliphatic heterocycles. The largest absolute Gasteiger partial charge is 0.393 e. The van der Waals surface area contributed by atoms with Crippen molar-refractivity contribution >= 4 is 38.6 Å². The quantitative estimate of drug-likeness (QED) is 0.804. The fraction of sp³-hybridized carbons (Fsp3) is 0.273. The van der Waals surface area contributed by atoms with E-state index in [1.54, 1.807) is 6.92 Å². The van der Waals surface area contributed by atoms with E-state index in [0.29, 0.717) is 5.69 Å². The average Bonchev–Trinajstić information content (AvgIpc) is 2.27. The number of thiocarbonyl (C=S) groups is 1. The minimum atomic E-state index is -3.23. The van der Waals surface area contributed by atoms with Crippen LogP contribution in [-0.2, 0) is 14.6 Å². The summed E-state index contributed by atoms with van der Waals surface area (Å²) in [6.45, 7) is 1.60. The van der Waals surface area contributed by atoms with Crippen LogP contribution in [0.4, 0.5) is 5.69 Å². The number of amides is 1. The second-order valence-electron chi connectivity index (χ2n) is 3.91. The number of carbonyl (C=O) groups is 1. The molecular formula is C11H14N2O3S2. The molecule has 0 fully saturated rings. The van der Waals surface area contributed by atoms with E-state index >= 15 is 0 Å². The van der Waals surface area contributed by atoms with Gasteiger partial charge in [-0.3, -0.25) is 4.79 Å². The molecule has 0 aliphatic carbocycles. The fourth-order valence-corrected chi connectivity index (χ4v) is 1.90. The maximum Gasteiger partial charge on any atom is 0.234 e. The monoisotopic (exact) mass is 286 g/mol. The number of rotatable bonds is 4. The summed E-state index contributed by atoms with van der Waals surface area (Å²) in [7, 11) is -3.23. The van der Waals surface area contributed by atoms with Gasteiger partial charge >= 0.3 is 0 Å². The zero-order valence-electron chi connectivity index (χ0n) is 10.0. The van der Waals surface area contributed by atoms with E-state index in [-0.39, 0.29) is 15.8 Å². The molecule has 0 heterocycles. The van der Waals surface area contributed by atoms with Crippen molar-refractivity contribution in [3.8, 4) is 0 Å². The molecule has 0 saturated heterocycles. The average molecular weight is 286 g/mol. The van der Waals surface area contributed by atoms with Gasteiger partial charge in [0.05, 0.1) is 15.8 Å². The van der Waals surface area contributed by atoms with Crippen LogP contribution in [-0.4, -0.2) is 25.6 Å². The lowest BCUT2D eigenvalue weighted by molar-refractivity contribution is -0.117. The Kier molecular flexibility index (Phi) is 4.42. The van der Waals surface area contributed by atoms with Gasteiger partial charge in [0.25, 0.3) is 0 Å². The van der Waals surface area contributed by atoms with Crippen molar-refractivity contribution in [2.24, 2.45) is 11.7 Å². The van der Waals surface area contributed by atoms with E-state index in [1.807, 2.05) is 0 Å². The van der Waals surface area contributed by atoms with Gasteiger partial charge in [0.1, 0.15) is 0 Å². The topological polar surface area (TPSA) is 89.3 Å². The van der Waals surface area contributed by atoms with Gasteiger partial charge in [0.2, 0.25) is 5.91 Å². The molecular weight excluding hydrogens is 272 g/mol. The molecule has 0 saturated carbocycles. The Morgan fingerprint density at radius 2 is 1.83 bits per heavy atom. The molecule has 1 amide bonds. The summed E-state index contributed by atoms with van der Waals surface area (Å²) in [5, 5.41) is 2.60. The number of carbonyl (C=O) groups excluding carboxylic acids is 1. The van der Waals surface area contributed by atoms with Crippen molar-refractivity contribution in [3.63, 3.8) is 0 Å². The van der Waals surface area contributed by atoms with Crippen LogP contribution in [0.2, 0.25) is 0 Å². The summed E-state index contributed by atoms with van der Waals surface area (Å²) in [6, 6.07) is 5.88. The molecule has 5 nitrogen and oxygen atoms in total. The van der Waals surface area contributed by atoms with E-state index in [9.17, 15) is 13.2 Å². The Bertz CT molecular complexity index is 564. The molecule has 0 aromatic heterocycles. The number of hydrogen-bond donors (Lipinski definition) is 2. The zero-order valence-corrected chi connectivity index (χ0v) is 11.6. The number of hydrogen-bond acceptors (Lipinski definition) is 4. The second-order valence-corrected chi connectivity index (χ2v) is 6.40. The van der Waals surface area contributed by atoms with Gasteiger partial charge in [-0.2, -0.15) is 0 Å². The molecule has 18 heavy (non-hydrogen) atoms. The van der Waals surface area contributed by atoms with E-state index in [2.05, 4.69) is 5.32 Å². The van der Waals surface area contributed by atoms with Gasteiger partial charge in [0, 0.05) is 11.9 Å². The van der Waals surface area contributed by atoms with Crippen molar-refractivity contribution in [3.05, 3.63) is 24.3 Å². The van der Waals surface area contributed by atoms with Gasteiger partial charge in [0.15, 0.2) is 9.84 Å². The summed E-state index contributed by atoms with van der Waals surface area (Å²) < 4.78 is 22.5. The van der Waals surface area contributed by atoms with Crippen LogP contribution < -0.4 is 11.1 Å². The zero-order chi connectivity index (χ0) is 13.9. The Morgan fingerprint density at radius 3 is 2.22 bits per heavy atom. The van der Waals surface area contributed by atoms with E-state index in [4.69, 9.17) is 18.0 Å². The summed E-state index contributed by atoms with van der Waals surface area (Å²) in [5.74, 6) is -0.899. The van der Waals surface area contributed by atoms with Crippen molar-refractivity contribution in [2.75, 3.05) is 11.6 Å². The number of nitrogens with one attached hydrogen (secondary N) is 1. The van der Waals surface area contributed by atoms with Gasteiger partial charge in [-0.05, 0) is 31.2 Å². The Hall–Kier alpha value is -1.47. The molecule has 1 unspecified atom stereocenters. The lowest BCUT2D eigenvalue weighted by atomic mass is 10.1. The molecule has 0 aliphatic rings. The van der Waals surface area contributed by atoms with E-state index in [1.165, 1.54) is 24.3 Å². The minimum Gasteiger partial charge on any atom is -0.393 e. The first-order chi connectivity index (χ1) is 8.21. The third kappa shape index (κ3) is 3.78. The first-order valence-electron chi connectivity index (χ1n) is 5.12. The highest BCUT2D eigenvalue weighted by atomic mass is 32.2. The van der Waals surface area contributed by atoms with Crippen molar-refractivity contribution < 1.29 is 13.2 Å². The standard InChI is InChI=1S/C11H14N2O3S2/c1-7(10(12)17)11(14)13-8-3-5-9(6-4-8)18(2,15)16/h3-7H,1-2H3,(H2,12,17)(H,13,14). The predicted molar refractivity (Wildman–Crippen MR) is 74.1 cm³/mol. The summed E-state index contributed by atoms with van der Waals surface area (Å²) in [6.07, 6.45) is 1.12. The maximum atomic E-state index is 11.6. The molecule has 1 atom stereocenters. The molecule has 1 rings (SSSR count). The SMILES string of the molecule is CC(C(=O)Nc1ccc(S(C)(=O)=O)cc1)C(N)=S. The van der Waals surface area contributed by atoms with E-state index in [0.717, 1.165) is 6.26 Å². The fourth-order valence-electron chi connectivity index (χ4n) is 1.17. The molecule has 1 aromatic carbocycles. The third-order valence-electron chi connectivity index (χ3n) is 2.37. The first-order valence-corrected chi connectivity index (χ1v) is 7.42. The Labute approximate surface area is 111 Å². The summed E-state index contributed by atoms with van der Waals surface area (Å²) >= 11 is 4.72. The molecule has 0 spiro atoms. The molecule has 0 bridgehead atoms. The van der Waals surface area contributed by atoms with Crippen molar-refractivity contribution in [1.29, 1.82) is 0 Å². The second kappa shape index (κ2) is 5.45. The van der Waals surface area contributed by atoms with E-state index < -0.39 is 15.8 Å². The molecule has 0 radical (unpaired) electrons. The van der Waals surface area contributed by atoms with Crippen molar-refractivity contribution in [1.82, 2.24) is 0 Å². The van der Waals surface area contributed by atoms with Crippen LogP contribution in [0.3, 0.4) is 0 Å². The number of anilines is 1. The molecule has 98 valence electrons. The summed E-state index contributed by atoms with van der Waals surface area (Å²) in [5.41, 5.74) is 5.86. The third-order valence-corrected chi connectivity index (χ3v) is 3.85. The van der Waals surface area contributed by atoms with Gasteiger partial charge < -0.3 is 11.1 Å². The lowest BCUT2D eigenvalue weighted by Gasteiger charge is -2.10. The number of nitrogens with two attached hydrogens (primary N) is 1. The number of benzene rings is 1. The highest BCUT2D eigenvalue weighted by Gasteiger charge is 2.15. The Morgan fingerprint density at radius 1 is 1.33 bits per heavy atom. The van der Waals surface area contributed by atoms with Crippen LogP contribution >= 0.6 is 12.2 Å². The predicted octanol–water partition coefficient (Wildman–Crippen LogP) is 0.951. The van der Waals surface area contributed by atoms with Crippen LogP contribution in [0, 0.1) is 5.92 Å². The highest BCUT2D eigenvalue weighted by molar-refractivity contribution is 7.90. The molecule has 7 heteroatoms.